The van der Waals surface area contributed by atoms with Crippen molar-refractivity contribution in [3.63, 3.8) is 0 Å². The number of rotatable bonds is 14. The van der Waals surface area contributed by atoms with Crippen molar-refractivity contribution in [3.05, 3.63) is 77.5 Å². The number of amides is 2. The molecule has 0 aliphatic carbocycles. The van der Waals surface area contributed by atoms with Crippen molar-refractivity contribution >= 4 is 23.2 Å². The summed E-state index contributed by atoms with van der Waals surface area (Å²) in [5.41, 5.74) is 9.43. The Kier molecular flexibility index (Phi) is 14.6. The van der Waals surface area contributed by atoms with Crippen molar-refractivity contribution in [1.82, 2.24) is 10.3 Å². The van der Waals surface area contributed by atoms with Crippen LogP contribution in [0.1, 0.15) is 88.6 Å². The lowest BCUT2D eigenvalue weighted by Gasteiger charge is -2.23. The number of hydrogen-bond acceptors (Lipinski definition) is 5. The molecule has 39 heavy (non-hydrogen) atoms. The maximum Gasteiger partial charge on any atom is 0.277 e. The van der Waals surface area contributed by atoms with Gasteiger partial charge in [-0.3, -0.25) is 9.59 Å². The summed E-state index contributed by atoms with van der Waals surface area (Å²) < 4.78 is 0. The minimum Gasteiger partial charge on any atom is -0.361 e. The van der Waals surface area contributed by atoms with E-state index in [4.69, 9.17) is 5.73 Å². The molecule has 0 saturated carbocycles. The fourth-order valence-corrected chi connectivity index (χ4v) is 4.37. The number of carbonyl (C=O) groups is 2. The molecule has 1 atom stereocenters. The summed E-state index contributed by atoms with van der Waals surface area (Å²) in [6, 6.07) is 17.3. The normalized spacial score (nSPS) is 14.5. The van der Waals surface area contributed by atoms with E-state index in [1.54, 1.807) is 23.3 Å². The van der Waals surface area contributed by atoms with Crippen LogP contribution in [0, 0.1) is 0 Å². The first kappa shape index (κ1) is 31.8. The van der Waals surface area contributed by atoms with E-state index in [2.05, 4.69) is 42.6 Å². The van der Waals surface area contributed by atoms with Crippen LogP contribution in [0.25, 0.3) is 0 Å². The van der Waals surface area contributed by atoms with E-state index in [-0.39, 0.29) is 17.9 Å². The lowest BCUT2D eigenvalue weighted by molar-refractivity contribution is -0.128. The third kappa shape index (κ3) is 10.3. The molecule has 2 amide bonds. The number of anilines is 1. The molecule has 4 N–H and O–H groups in total. The molecule has 0 fully saturated rings. The molecule has 0 bridgehead atoms. The molecule has 0 radical (unpaired) electrons. The molecular weight excluding hydrogens is 486 g/mol. The molecular formula is C32H47N5O2. The highest BCUT2D eigenvalue weighted by Crippen LogP contribution is 2.23. The van der Waals surface area contributed by atoms with Crippen LogP contribution >= 0.6 is 0 Å². The summed E-state index contributed by atoms with van der Waals surface area (Å²) in [6.45, 7) is 9.66. The molecule has 1 heterocycles. The predicted molar refractivity (Wildman–Crippen MR) is 163 cm³/mol. The first-order valence-electron chi connectivity index (χ1n) is 14.4. The number of hydrogen-bond donors (Lipinski definition) is 3. The number of benzene rings is 2. The molecule has 7 heteroatoms. The van der Waals surface area contributed by atoms with Crippen LogP contribution in [0.3, 0.4) is 0 Å². The third-order valence-electron chi connectivity index (χ3n) is 6.77. The Morgan fingerprint density at radius 1 is 1.00 bits per heavy atom. The Morgan fingerprint density at radius 3 is 2.38 bits per heavy atom. The molecule has 0 aromatic heterocycles. The fourth-order valence-electron chi connectivity index (χ4n) is 4.37. The van der Waals surface area contributed by atoms with Crippen LogP contribution < -0.4 is 16.4 Å². The monoisotopic (exact) mass is 533 g/mol. The average molecular weight is 534 g/mol. The molecule has 212 valence electrons. The Hall–Kier alpha value is -3.45. The number of para-hydroxylation sites is 1. The smallest absolute Gasteiger partial charge is 0.277 e. The number of nitrogens with two attached hydrogens (primary N) is 1. The quantitative estimate of drug-likeness (QED) is 0.197. The van der Waals surface area contributed by atoms with E-state index in [1.807, 2.05) is 43.3 Å². The lowest BCUT2D eigenvalue weighted by Crippen LogP contribution is -2.34. The zero-order valence-electron chi connectivity index (χ0n) is 24.2. The number of carbonyl (C=O) groups excluding carboxylic acids is 2. The average Bonchev–Trinajstić information content (AvgIpc) is 3.25. The van der Waals surface area contributed by atoms with Gasteiger partial charge in [0.1, 0.15) is 0 Å². The highest BCUT2D eigenvalue weighted by atomic mass is 16.2. The lowest BCUT2D eigenvalue weighted by atomic mass is 10.1. The highest BCUT2D eigenvalue weighted by molar-refractivity contribution is 6.24. The number of nitrogens with zero attached hydrogens (tertiary/aromatic N) is 2. The Morgan fingerprint density at radius 2 is 1.72 bits per heavy atom. The van der Waals surface area contributed by atoms with Crippen LogP contribution in [0.4, 0.5) is 5.69 Å². The van der Waals surface area contributed by atoms with Crippen molar-refractivity contribution in [2.75, 3.05) is 18.4 Å². The number of nitrogens with one attached hydrogen (secondary N) is 2. The summed E-state index contributed by atoms with van der Waals surface area (Å²) in [7, 11) is 0. The summed E-state index contributed by atoms with van der Waals surface area (Å²) in [4.78, 5) is 25.2. The van der Waals surface area contributed by atoms with Crippen molar-refractivity contribution in [1.29, 1.82) is 0 Å². The summed E-state index contributed by atoms with van der Waals surface area (Å²) in [6.07, 6.45) is 10.2. The van der Waals surface area contributed by atoms with Crippen LogP contribution in [0.15, 0.2) is 71.5 Å². The van der Waals surface area contributed by atoms with Gasteiger partial charge in [-0.15, -0.1) is 0 Å². The largest absolute Gasteiger partial charge is 0.361 e. The molecule has 1 unspecified atom stereocenters. The van der Waals surface area contributed by atoms with Gasteiger partial charge in [0.05, 0.1) is 17.3 Å². The summed E-state index contributed by atoms with van der Waals surface area (Å²) in [5, 5.41) is 12.4. The Balaban J connectivity index is 0.000000673. The topological polar surface area (TPSA) is 99.8 Å². The van der Waals surface area contributed by atoms with Crippen LogP contribution in [0.5, 0.6) is 0 Å². The van der Waals surface area contributed by atoms with Gasteiger partial charge in [0.2, 0.25) is 0 Å². The zero-order chi connectivity index (χ0) is 28.5. The zero-order valence-corrected chi connectivity index (χ0v) is 24.2. The maximum atomic E-state index is 13.1. The van der Waals surface area contributed by atoms with Crippen LogP contribution in [0.2, 0.25) is 0 Å². The molecule has 3 rings (SSSR count). The second kappa shape index (κ2) is 17.9. The van der Waals surface area contributed by atoms with Gasteiger partial charge in [-0.05, 0) is 69.3 Å². The molecule has 0 spiro atoms. The first-order valence-corrected chi connectivity index (χ1v) is 14.4. The van der Waals surface area contributed by atoms with Crippen molar-refractivity contribution in [2.24, 2.45) is 10.8 Å². The van der Waals surface area contributed by atoms with Gasteiger partial charge < -0.3 is 16.4 Å². The molecule has 2 aromatic rings. The van der Waals surface area contributed by atoms with Crippen molar-refractivity contribution < 1.29 is 9.59 Å². The Labute approximate surface area is 234 Å². The maximum absolute atomic E-state index is 13.1. The Bertz CT molecular complexity index is 1080. The van der Waals surface area contributed by atoms with Gasteiger partial charge in [0.15, 0.2) is 0 Å². The molecule has 1 aliphatic heterocycles. The first-order chi connectivity index (χ1) is 19.0. The van der Waals surface area contributed by atoms with E-state index in [9.17, 15) is 9.59 Å². The van der Waals surface area contributed by atoms with E-state index in [0.29, 0.717) is 23.4 Å². The third-order valence-corrected chi connectivity index (χ3v) is 6.77. The standard InChI is InChI=1S/C26H32N4O2.C6H15N/c1-4-20-12-9-10-16-24(20)28-18-23-19(3)29-30(26(23)32)22(5-2)15-11-17-27-25(31)21-13-7-6-8-14-21;1-2-3-4-5-6-7/h6-10,12-14,16,18,22,28H,4-5,11,15,17H2,1-3H3,(H,27,31);2-7H2,1H3. The SMILES string of the molecule is CCCCCCN.CCc1ccccc1NC=C1C(=O)N(C(CC)CCCNC(=O)c2ccccc2)N=C1C. The number of unbranched alkanes of at least 4 members (excludes halogenated alkanes) is 3. The van der Waals surface area contributed by atoms with Gasteiger partial charge in [-0.1, -0.05) is 76.4 Å². The molecule has 2 aromatic carbocycles. The second-order valence-corrected chi connectivity index (χ2v) is 9.72. The van der Waals surface area contributed by atoms with Crippen molar-refractivity contribution in [3.8, 4) is 0 Å². The van der Waals surface area contributed by atoms with E-state index in [1.165, 1.54) is 31.2 Å². The van der Waals surface area contributed by atoms with Gasteiger partial charge in [0.25, 0.3) is 11.8 Å². The predicted octanol–water partition coefficient (Wildman–Crippen LogP) is 6.28. The van der Waals surface area contributed by atoms with E-state index in [0.717, 1.165) is 37.9 Å². The van der Waals surface area contributed by atoms with Crippen LogP contribution in [-0.4, -0.2) is 41.7 Å². The molecule has 7 nitrogen and oxygen atoms in total. The number of hydrazone groups is 1. The van der Waals surface area contributed by atoms with E-state index < -0.39 is 0 Å². The fraction of sp³-hybridized carbons (Fsp3) is 0.469. The minimum absolute atomic E-state index is 0.0000876. The van der Waals surface area contributed by atoms with E-state index >= 15 is 0 Å². The van der Waals surface area contributed by atoms with Gasteiger partial charge in [-0.2, -0.15) is 5.10 Å². The summed E-state index contributed by atoms with van der Waals surface area (Å²) in [5.74, 6) is -0.155. The van der Waals surface area contributed by atoms with Crippen LogP contribution in [-0.2, 0) is 11.2 Å². The minimum atomic E-state index is -0.0795. The van der Waals surface area contributed by atoms with Crippen molar-refractivity contribution in [2.45, 2.75) is 85.1 Å². The molecule has 1 aliphatic rings. The van der Waals surface area contributed by atoms with Gasteiger partial charge in [-0.25, -0.2) is 5.01 Å². The van der Waals surface area contributed by atoms with Gasteiger partial charge >= 0.3 is 0 Å². The highest BCUT2D eigenvalue weighted by Gasteiger charge is 2.32. The van der Waals surface area contributed by atoms with Gasteiger partial charge in [0, 0.05) is 24.0 Å². The molecule has 0 saturated heterocycles. The second-order valence-electron chi connectivity index (χ2n) is 9.72. The number of aryl methyl sites for hydroxylation is 1. The summed E-state index contributed by atoms with van der Waals surface area (Å²) >= 11 is 0.